The first-order valence-corrected chi connectivity index (χ1v) is 5.75. The number of rotatable bonds is 4. The van der Waals surface area contributed by atoms with Gasteiger partial charge in [0.05, 0.1) is 6.54 Å². The average Bonchev–Trinajstić information content (AvgIpc) is 2.82. The zero-order valence-electron chi connectivity index (χ0n) is 10.6. The molecule has 0 atom stereocenters. The van der Waals surface area contributed by atoms with Gasteiger partial charge in [0.15, 0.2) is 0 Å². The van der Waals surface area contributed by atoms with Crippen LogP contribution >= 0.6 is 0 Å². The van der Waals surface area contributed by atoms with Gasteiger partial charge in [-0.05, 0) is 46.5 Å². The van der Waals surface area contributed by atoms with Crippen LogP contribution in [0.1, 0.15) is 40.5 Å². The minimum absolute atomic E-state index is 0.00786. The first kappa shape index (κ1) is 13.0. The van der Waals surface area contributed by atoms with E-state index in [1.165, 1.54) is 11.8 Å². The molecule has 0 bridgehead atoms. The SMILES string of the molecule is CC(=O)CN(CC1CC1)C(=O)OC(C)(C)C. The Morgan fingerprint density at radius 2 is 1.88 bits per heavy atom. The van der Waals surface area contributed by atoms with Crippen molar-refractivity contribution in [2.75, 3.05) is 13.1 Å². The van der Waals surface area contributed by atoms with Crippen LogP contribution in [-0.2, 0) is 9.53 Å². The standard InChI is InChI=1S/C12H21NO3/c1-9(14)7-13(8-10-5-6-10)11(15)16-12(2,3)4/h10H,5-8H2,1-4H3. The Bertz CT molecular complexity index is 276. The average molecular weight is 227 g/mol. The maximum absolute atomic E-state index is 11.8. The molecule has 1 saturated carbocycles. The highest BCUT2D eigenvalue weighted by atomic mass is 16.6. The highest BCUT2D eigenvalue weighted by Gasteiger charge is 2.29. The van der Waals surface area contributed by atoms with Crippen LogP contribution in [0.3, 0.4) is 0 Å². The van der Waals surface area contributed by atoms with Crippen molar-refractivity contribution in [3.63, 3.8) is 0 Å². The lowest BCUT2D eigenvalue weighted by Gasteiger charge is -2.26. The summed E-state index contributed by atoms with van der Waals surface area (Å²) in [5.74, 6) is 0.554. The van der Waals surface area contributed by atoms with Crippen molar-refractivity contribution >= 4 is 11.9 Å². The van der Waals surface area contributed by atoms with Crippen molar-refractivity contribution in [2.45, 2.75) is 46.1 Å². The van der Waals surface area contributed by atoms with Crippen LogP contribution in [0.15, 0.2) is 0 Å². The predicted octanol–water partition coefficient (Wildman–Crippen LogP) is 2.22. The molecular formula is C12H21NO3. The van der Waals surface area contributed by atoms with Gasteiger partial charge in [0.25, 0.3) is 0 Å². The molecule has 0 heterocycles. The molecule has 4 nitrogen and oxygen atoms in total. The number of amides is 1. The van der Waals surface area contributed by atoms with E-state index in [0.717, 1.165) is 12.8 Å². The zero-order valence-corrected chi connectivity index (χ0v) is 10.6. The van der Waals surface area contributed by atoms with Crippen molar-refractivity contribution in [3.05, 3.63) is 0 Å². The maximum atomic E-state index is 11.8. The van der Waals surface area contributed by atoms with Gasteiger partial charge in [0.1, 0.15) is 11.4 Å². The summed E-state index contributed by atoms with van der Waals surface area (Å²) in [6.07, 6.45) is 1.92. The fourth-order valence-corrected chi connectivity index (χ4v) is 1.41. The Morgan fingerprint density at radius 3 is 2.25 bits per heavy atom. The molecule has 0 aromatic rings. The van der Waals surface area contributed by atoms with Gasteiger partial charge in [-0.3, -0.25) is 4.79 Å². The van der Waals surface area contributed by atoms with Crippen molar-refractivity contribution < 1.29 is 14.3 Å². The van der Waals surface area contributed by atoms with E-state index >= 15 is 0 Å². The van der Waals surface area contributed by atoms with Crippen molar-refractivity contribution in [3.8, 4) is 0 Å². The molecule has 0 spiro atoms. The smallest absolute Gasteiger partial charge is 0.410 e. The van der Waals surface area contributed by atoms with E-state index in [4.69, 9.17) is 4.74 Å². The van der Waals surface area contributed by atoms with E-state index in [1.807, 2.05) is 20.8 Å². The van der Waals surface area contributed by atoms with Gasteiger partial charge < -0.3 is 9.64 Å². The van der Waals surface area contributed by atoms with E-state index in [0.29, 0.717) is 12.5 Å². The molecule has 1 aliphatic rings. The molecule has 0 aromatic carbocycles. The van der Waals surface area contributed by atoms with Crippen molar-refractivity contribution in [1.82, 2.24) is 4.90 Å². The number of carbonyl (C=O) groups excluding carboxylic acids is 2. The molecule has 4 heteroatoms. The summed E-state index contributed by atoms with van der Waals surface area (Å²) in [5.41, 5.74) is -0.504. The van der Waals surface area contributed by atoms with E-state index in [1.54, 1.807) is 0 Å². The molecule has 0 unspecified atom stereocenters. The number of carbonyl (C=O) groups is 2. The van der Waals surface area contributed by atoms with Gasteiger partial charge in [0.2, 0.25) is 0 Å². The maximum Gasteiger partial charge on any atom is 0.410 e. The lowest BCUT2D eigenvalue weighted by molar-refractivity contribution is -0.118. The largest absolute Gasteiger partial charge is 0.444 e. The summed E-state index contributed by atoms with van der Waals surface area (Å²) in [5, 5.41) is 0. The monoisotopic (exact) mass is 227 g/mol. The number of hydrogen-bond acceptors (Lipinski definition) is 3. The second kappa shape index (κ2) is 4.85. The molecule has 1 fully saturated rings. The first-order valence-electron chi connectivity index (χ1n) is 5.75. The second-order valence-electron chi connectivity index (χ2n) is 5.51. The molecule has 0 saturated heterocycles. The van der Waals surface area contributed by atoms with Gasteiger partial charge >= 0.3 is 6.09 Å². The lowest BCUT2D eigenvalue weighted by atomic mass is 10.2. The molecule has 0 aliphatic heterocycles. The number of Topliss-reactive ketones (excluding diaryl/α,β-unsaturated/α-hetero) is 1. The molecule has 16 heavy (non-hydrogen) atoms. The second-order valence-corrected chi connectivity index (χ2v) is 5.51. The topological polar surface area (TPSA) is 46.6 Å². The Balaban J connectivity index is 2.52. The predicted molar refractivity (Wildman–Crippen MR) is 61.2 cm³/mol. The minimum Gasteiger partial charge on any atom is -0.444 e. The van der Waals surface area contributed by atoms with E-state index in [9.17, 15) is 9.59 Å². The Labute approximate surface area is 96.9 Å². The van der Waals surface area contributed by atoms with E-state index in [2.05, 4.69) is 0 Å². The van der Waals surface area contributed by atoms with Crippen molar-refractivity contribution in [1.29, 1.82) is 0 Å². The van der Waals surface area contributed by atoms with Gasteiger partial charge in [-0.15, -0.1) is 0 Å². The highest BCUT2D eigenvalue weighted by Crippen LogP contribution is 2.30. The van der Waals surface area contributed by atoms with Crippen LogP contribution in [0.25, 0.3) is 0 Å². The number of ether oxygens (including phenoxy) is 1. The molecule has 1 aliphatic carbocycles. The summed E-state index contributed by atoms with van der Waals surface area (Å²) < 4.78 is 5.26. The van der Waals surface area contributed by atoms with Crippen LogP contribution in [0, 0.1) is 5.92 Å². The molecule has 1 amide bonds. The Morgan fingerprint density at radius 1 is 1.31 bits per heavy atom. The van der Waals surface area contributed by atoms with Gasteiger partial charge in [-0.25, -0.2) is 4.79 Å². The van der Waals surface area contributed by atoms with Crippen molar-refractivity contribution in [2.24, 2.45) is 5.92 Å². The molecular weight excluding hydrogens is 206 g/mol. The molecule has 1 rings (SSSR count). The summed E-state index contributed by atoms with van der Waals surface area (Å²) in [7, 11) is 0. The van der Waals surface area contributed by atoms with E-state index in [-0.39, 0.29) is 18.4 Å². The first-order chi connectivity index (χ1) is 7.28. The Hall–Kier alpha value is -1.06. The summed E-state index contributed by atoms with van der Waals surface area (Å²) in [4.78, 5) is 24.4. The summed E-state index contributed by atoms with van der Waals surface area (Å²) in [6.45, 7) is 7.78. The third-order valence-electron chi connectivity index (χ3n) is 2.24. The quantitative estimate of drug-likeness (QED) is 0.739. The summed E-state index contributed by atoms with van der Waals surface area (Å²) in [6, 6.07) is 0. The van der Waals surface area contributed by atoms with Crippen LogP contribution < -0.4 is 0 Å². The number of ketones is 1. The fraction of sp³-hybridized carbons (Fsp3) is 0.833. The van der Waals surface area contributed by atoms with Gasteiger partial charge in [0, 0.05) is 6.54 Å². The van der Waals surface area contributed by atoms with Gasteiger partial charge in [-0.2, -0.15) is 0 Å². The van der Waals surface area contributed by atoms with Crippen LogP contribution in [0.2, 0.25) is 0 Å². The number of hydrogen-bond donors (Lipinski definition) is 0. The lowest BCUT2D eigenvalue weighted by Crippen LogP contribution is -2.40. The van der Waals surface area contributed by atoms with E-state index < -0.39 is 5.60 Å². The number of nitrogens with zero attached hydrogens (tertiary/aromatic N) is 1. The summed E-state index contributed by atoms with van der Waals surface area (Å²) >= 11 is 0. The zero-order chi connectivity index (χ0) is 12.3. The van der Waals surface area contributed by atoms with Gasteiger partial charge in [-0.1, -0.05) is 0 Å². The van der Waals surface area contributed by atoms with Crippen LogP contribution in [-0.4, -0.2) is 35.5 Å². The molecule has 0 radical (unpaired) electrons. The minimum atomic E-state index is -0.504. The molecule has 0 N–H and O–H groups in total. The highest BCUT2D eigenvalue weighted by molar-refractivity contribution is 5.82. The third-order valence-corrected chi connectivity index (χ3v) is 2.24. The normalized spacial score (nSPS) is 15.8. The van der Waals surface area contributed by atoms with Crippen LogP contribution in [0.4, 0.5) is 4.79 Å². The molecule has 92 valence electrons. The Kier molecular flexibility index (Phi) is 3.94. The van der Waals surface area contributed by atoms with Crippen LogP contribution in [0.5, 0.6) is 0 Å². The fourth-order valence-electron chi connectivity index (χ4n) is 1.41. The third kappa shape index (κ3) is 5.14. The molecule has 0 aromatic heterocycles.